The van der Waals surface area contributed by atoms with Crippen LogP contribution in [0.15, 0.2) is 12.1 Å². The Morgan fingerprint density at radius 2 is 1.88 bits per heavy atom. The minimum Gasteiger partial charge on any atom is -0.293 e. The third-order valence-corrected chi connectivity index (χ3v) is 3.13. The van der Waals surface area contributed by atoms with Gasteiger partial charge in [-0.3, -0.25) is 15.0 Å². The molecule has 0 aliphatic carbocycles. The zero-order valence-corrected chi connectivity index (χ0v) is 10.3. The summed E-state index contributed by atoms with van der Waals surface area (Å²) in [7, 11) is 0. The molecule has 1 fully saturated rings. The van der Waals surface area contributed by atoms with Gasteiger partial charge in [0.2, 0.25) is 5.91 Å². The molecule has 17 heavy (non-hydrogen) atoms. The molecular formula is C13H16N2O2. The van der Waals surface area contributed by atoms with Gasteiger partial charge < -0.3 is 0 Å². The Morgan fingerprint density at radius 3 is 2.53 bits per heavy atom. The fourth-order valence-electron chi connectivity index (χ4n) is 2.09. The van der Waals surface area contributed by atoms with E-state index >= 15 is 0 Å². The summed E-state index contributed by atoms with van der Waals surface area (Å²) < 4.78 is 0. The van der Waals surface area contributed by atoms with E-state index in [1.807, 2.05) is 26.8 Å². The summed E-state index contributed by atoms with van der Waals surface area (Å²) in [6.07, 6.45) is 0.359. The average molecular weight is 232 g/mol. The zero-order valence-electron chi connectivity index (χ0n) is 10.3. The highest BCUT2D eigenvalue weighted by atomic mass is 16.2. The lowest BCUT2D eigenvalue weighted by Gasteiger charge is -2.28. The van der Waals surface area contributed by atoms with Crippen molar-refractivity contribution >= 4 is 17.6 Å². The van der Waals surface area contributed by atoms with Gasteiger partial charge in [-0.15, -0.1) is 0 Å². The van der Waals surface area contributed by atoms with Crippen molar-refractivity contribution in [2.24, 2.45) is 0 Å². The SMILES string of the molecule is Cc1cc(C)c(C)c(N2CCC(=O)NC2=O)c1. The number of urea groups is 1. The summed E-state index contributed by atoms with van der Waals surface area (Å²) in [5.41, 5.74) is 4.25. The lowest BCUT2D eigenvalue weighted by Crippen LogP contribution is -2.49. The summed E-state index contributed by atoms with van der Waals surface area (Å²) in [5.74, 6) is -0.201. The average Bonchev–Trinajstić information content (AvgIpc) is 2.24. The number of carbonyl (C=O) groups excluding carboxylic acids is 2. The second-order valence-electron chi connectivity index (χ2n) is 4.48. The molecule has 0 aromatic heterocycles. The largest absolute Gasteiger partial charge is 0.328 e. The minimum absolute atomic E-state index is 0.201. The van der Waals surface area contributed by atoms with Crippen molar-refractivity contribution in [2.45, 2.75) is 27.2 Å². The maximum absolute atomic E-state index is 11.8. The second kappa shape index (κ2) is 4.20. The van der Waals surface area contributed by atoms with Crippen molar-refractivity contribution in [3.8, 4) is 0 Å². The number of imide groups is 1. The Bertz CT molecular complexity index is 494. The summed E-state index contributed by atoms with van der Waals surface area (Å²) in [6.45, 7) is 6.48. The molecule has 1 heterocycles. The number of rotatable bonds is 1. The van der Waals surface area contributed by atoms with E-state index in [1.165, 1.54) is 0 Å². The third kappa shape index (κ3) is 2.16. The number of anilines is 1. The van der Waals surface area contributed by atoms with Gasteiger partial charge in [0.15, 0.2) is 0 Å². The fraction of sp³-hybridized carbons (Fsp3) is 0.385. The van der Waals surface area contributed by atoms with Gasteiger partial charge in [-0.2, -0.15) is 0 Å². The standard InChI is InChI=1S/C13H16N2O2/c1-8-6-9(2)10(3)11(7-8)15-5-4-12(16)14-13(15)17/h6-7H,4-5H2,1-3H3,(H,14,16,17). The monoisotopic (exact) mass is 232 g/mol. The number of aryl methyl sites for hydroxylation is 2. The third-order valence-electron chi connectivity index (χ3n) is 3.13. The van der Waals surface area contributed by atoms with E-state index in [9.17, 15) is 9.59 Å². The first-order valence-corrected chi connectivity index (χ1v) is 5.68. The normalized spacial score (nSPS) is 16.1. The van der Waals surface area contributed by atoms with Gasteiger partial charge in [-0.25, -0.2) is 4.79 Å². The van der Waals surface area contributed by atoms with Crippen molar-refractivity contribution in [1.29, 1.82) is 0 Å². The molecule has 90 valence electrons. The van der Waals surface area contributed by atoms with Crippen LogP contribution in [-0.2, 0) is 4.79 Å². The molecule has 0 spiro atoms. The van der Waals surface area contributed by atoms with Crippen LogP contribution in [0.2, 0.25) is 0 Å². The van der Waals surface area contributed by atoms with E-state index in [-0.39, 0.29) is 11.9 Å². The molecule has 1 saturated heterocycles. The molecule has 0 saturated carbocycles. The van der Waals surface area contributed by atoms with Gasteiger partial charge in [0.05, 0.1) is 0 Å². The molecule has 1 aliphatic rings. The van der Waals surface area contributed by atoms with Crippen LogP contribution in [0.4, 0.5) is 10.5 Å². The highest BCUT2D eigenvalue weighted by molar-refractivity contribution is 6.06. The molecule has 0 unspecified atom stereocenters. The number of nitrogens with one attached hydrogen (secondary N) is 1. The molecule has 3 amide bonds. The fourth-order valence-corrected chi connectivity index (χ4v) is 2.09. The minimum atomic E-state index is -0.325. The zero-order chi connectivity index (χ0) is 12.6. The first kappa shape index (κ1) is 11.6. The molecule has 4 nitrogen and oxygen atoms in total. The highest BCUT2D eigenvalue weighted by Gasteiger charge is 2.25. The van der Waals surface area contributed by atoms with E-state index in [2.05, 4.69) is 11.4 Å². The topological polar surface area (TPSA) is 49.4 Å². The van der Waals surface area contributed by atoms with Gasteiger partial charge in [-0.05, 0) is 43.5 Å². The van der Waals surface area contributed by atoms with Gasteiger partial charge in [0.25, 0.3) is 0 Å². The number of carbonyl (C=O) groups is 2. The molecule has 1 aromatic rings. The predicted octanol–water partition coefficient (Wildman–Crippen LogP) is 2.06. The summed E-state index contributed by atoms with van der Waals surface area (Å²) in [4.78, 5) is 24.5. The quantitative estimate of drug-likeness (QED) is 0.805. The number of hydrogen-bond donors (Lipinski definition) is 1. The van der Waals surface area contributed by atoms with E-state index in [1.54, 1.807) is 4.90 Å². The van der Waals surface area contributed by atoms with E-state index < -0.39 is 0 Å². The predicted molar refractivity (Wildman–Crippen MR) is 66.2 cm³/mol. The highest BCUT2D eigenvalue weighted by Crippen LogP contribution is 2.26. The van der Waals surface area contributed by atoms with Crippen LogP contribution in [0, 0.1) is 20.8 Å². The number of nitrogens with zero attached hydrogens (tertiary/aromatic N) is 1. The molecular weight excluding hydrogens is 216 g/mol. The molecule has 0 atom stereocenters. The van der Waals surface area contributed by atoms with Crippen LogP contribution >= 0.6 is 0 Å². The lowest BCUT2D eigenvalue weighted by atomic mass is 10.0. The van der Waals surface area contributed by atoms with E-state index in [0.29, 0.717) is 13.0 Å². The maximum atomic E-state index is 11.8. The maximum Gasteiger partial charge on any atom is 0.328 e. The Labute approximate surface area is 101 Å². The molecule has 0 bridgehead atoms. The lowest BCUT2D eigenvalue weighted by molar-refractivity contribution is -0.120. The number of benzene rings is 1. The second-order valence-corrected chi connectivity index (χ2v) is 4.48. The molecule has 1 aliphatic heterocycles. The first-order valence-electron chi connectivity index (χ1n) is 5.68. The Morgan fingerprint density at radius 1 is 1.18 bits per heavy atom. The summed E-state index contributed by atoms with van der Waals surface area (Å²) in [6, 6.07) is 3.75. The van der Waals surface area contributed by atoms with Crippen LogP contribution < -0.4 is 10.2 Å². The Balaban J connectivity index is 2.40. The van der Waals surface area contributed by atoms with Crippen LogP contribution in [-0.4, -0.2) is 18.5 Å². The van der Waals surface area contributed by atoms with Crippen LogP contribution in [0.1, 0.15) is 23.1 Å². The summed E-state index contributed by atoms with van der Waals surface area (Å²) in [5, 5.41) is 2.34. The number of amides is 3. The molecule has 2 rings (SSSR count). The molecule has 1 aromatic carbocycles. The van der Waals surface area contributed by atoms with Gasteiger partial charge >= 0.3 is 6.03 Å². The van der Waals surface area contributed by atoms with Crippen LogP contribution in [0.3, 0.4) is 0 Å². The smallest absolute Gasteiger partial charge is 0.293 e. The Kier molecular flexibility index (Phi) is 2.88. The molecule has 4 heteroatoms. The van der Waals surface area contributed by atoms with Crippen molar-refractivity contribution < 1.29 is 9.59 Å². The number of hydrogen-bond acceptors (Lipinski definition) is 2. The van der Waals surface area contributed by atoms with Gasteiger partial charge in [-0.1, -0.05) is 6.07 Å². The summed E-state index contributed by atoms with van der Waals surface area (Å²) >= 11 is 0. The first-order chi connectivity index (χ1) is 7.99. The Hall–Kier alpha value is -1.84. The van der Waals surface area contributed by atoms with Crippen molar-refractivity contribution in [2.75, 3.05) is 11.4 Å². The van der Waals surface area contributed by atoms with Gasteiger partial charge in [0, 0.05) is 18.7 Å². The van der Waals surface area contributed by atoms with Crippen molar-refractivity contribution in [3.05, 3.63) is 28.8 Å². The van der Waals surface area contributed by atoms with Crippen LogP contribution in [0.5, 0.6) is 0 Å². The molecule has 1 N–H and O–H groups in total. The van der Waals surface area contributed by atoms with Crippen molar-refractivity contribution in [3.63, 3.8) is 0 Å². The van der Waals surface area contributed by atoms with Crippen molar-refractivity contribution in [1.82, 2.24) is 5.32 Å². The van der Waals surface area contributed by atoms with E-state index in [4.69, 9.17) is 0 Å². The molecule has 0 radical (unpaired) electrons. The van der Waals surface area contributed by atoms with E-state index in [0.717, 1.165) is 22.4 Å². The van der Waals surface area contributed by atoms with Gasteiger partial charge in [0.1, 0.15) is 0 Å². The van der Waals surface area contributed by atoms with Crippen LogP contribution in [0.25, 0.3) is 0 Å².